The van der Waals surface area contributed by atoms with Crippen LogP contribution in [0.5, 0.6) is 0 Å². The lowest BCUT2D eigenvalue weighted by molar-refractivity contribution is -0.119. The van der Waals surface area contributed by atoms with E-state index in [9.17, 15) is 14.0 Å². The minimum Gasteiger partial charge on any atom is -0.452 e. The fraction of sp³-hybridized carbons (Fsp3) is 0.300. The summed E-state index contributed by atoms with van der Waals surface area (Å²) in [5.41, 5.74) is 0.725. The molecule has 1 aliphatic heterocycles. The van der Waals surface area contributed by atoms with Gasteiger partial charge in [0.25, 0.3) is 5.91 Å². The maximum atomic E-state index is 13.1. The molecule has 0 aromatic heterocycles. The number of ether oxygens (including phenoxy) is 2. The smallest absolute Gasteiger partial charge is 0.339 e. The van der Waals surface area contributed by atoms with E-state index in [0.29, 0.717) is 11.3 Å². The summed E-state index contributed by atoms with van der Waals surface area (Å²) in [6.07, 6.45) is 2.30. The third kappa shape index (κ3) is 5.80. The number of carbonyl (C=O) groups is 2. The third-order valence-corrected chi connectivity index (χ3v) is 5.20. The Hall–Kier alpha value is -2.38. The molecule has 1 amide bonds. The molecule has 5 nitrogen and oxygen atoms in total. The molecule has 0 spiro atoms. The van der Waals surface area contributed by atoms with Crippen molar-refractivity contribution < 1.29 is 23.5 Å². The predicted molar refractivity (Wildman–Crippen MR) is 101 cm³/mol. The van der Waals surface area contributed by atoms with Crippen molar-refractivity contribution in [1.29, 1.82) is 0 Å². The van der Waals surface area contributed by atoms with Crippen molar-refractivity contribution in [2.45, 2.75) is 23.8 Å². The van der Waals surface area contributed by atoms with E-state index in [1.165, 1.54) is 18.2 Å². The Bertz CT molecular complexity index is 808. The van der Waals surface area contributed by atoms with Gasteiger partial charge in [0.15, 0.2) is 6.61 Å². The molecule has 1 fully saturated rings. The van der Waals surface area contributed by atoms with Gasteiger partial charge >= 0.3 is 5.97 Å². The van der Waals surface area contributed by atoms with E-state index < -0.39 is 24.3 Å². The van der Waals surface area contributed by atoms with Gasteiger partial charge in [-0.1, -0.05) is 18.2 Å². The molecule has 3 rings (SSSR count). The van der Waals surface area contributed by atoms with Gasteiger partial charge in [0, 0.05) is 22.9 Å². The minimum atomic E-state index is -0.570. The molecule has 2 aromatic carbocycles. The van der Waals surface area contributed by atoms with Crippen LogP contribution in [-0.4, -0.2) is 36.9 Å². The van der Waals surface area contributed by atoms with Crippen molar-refractivity contribution in [1.82, 2.24) is 0 Å². The number of anilines is 1. The van der Waals surface area contributed by atoms with Crippen molar-refractivity contribution in [3.8, 4) is 0 Å². The van der Waals surface area contributed by atoms with Crippen LogP contribution in [0.1, 0.15) is 23.2 Å². The Kier molecular flexibility index (Phi) is 6.84. The van der Waals surface area contributed by atoms with E-state index in [2.05, 4.69) is 5.32 Å². The fourth-order valence-corrected chi connectivity index (χ4v) is 3.80. The number of carbonyl (C=O) groups excluding carboxylic acids is 2. The van der Waals surface area contributed by atoms with Crippen molar-refractivity contribution in [3.05, 3.63) is 59.9 Å². The molecule has 1 atom stereocenters. The second-order valence-corrected chi connectivity index (χ2v) is 7.14. The molecule has 142 valence electrons. The number of halogens is 1. The molecule has 7 heteroatoms. The summed E-state index contributed by atoms with van der Waals surface area (Å²) in [5, 5.41) is 2.49. The first-order valence-electron chi connectivity index (χ1n) is 8.68. The van der Waals surface area contributed by atoms with E-state index >= 15 is 0 Å². The quantitative estimate of drug-likeness (QED) is 0.575. The third-order valence-electron chi connectivity index (χ3n) is 4.00. The molecule has 2 aromatic rings. The molecule has 0 unspecified atom stereocenters. The number of nitrogens with one attached hydrogen (secondary N) is 1. The van der Waals surface area contributed by atoms with Gasteiger partial charge < -0.3 is 14.8 Å². The van der Waals surface area contributed by atoms with Crippen LogP contribution >= 0.6 is 11.8 Å². The van der Waals surface area contributed by atoms with E-state index in [0.717, 1.165) is 30.1 Å². The van der Waals surface area contributed by atoms with Crippen LogP contribution in [0.15, 0.2) is 53.4 Å². The Balaban J connectivity index is 1.53. The fourth-order valence-electron chi connectivity index (χ4n) is 2.69. The van der Waals surface area contributed by atoms with Crippen LogP contribution in [0.3, 0.4) is 0 Å². The molecule has 1 aliphatic rings. The van der Waals surface area contributed by atoms with Gasteiger partial charge in [-0.15, -0.1) is 11.8 Å². The van der Waals surface area contributed by atoms with Crippen molar-refractivity contribution in [2.75, 3.05) is 24.3 Å². The summed E-state index contributed by atoms with van der Waals surface area (Å²) in [4.78, 5) is 25.1. The number of esters is 1. The maximum absolute atomic E-state index is 13.1. The van der Waals surface area contributed by atoms with Crippen molar-refractivity contribution in [2.24, 2.45) is 0 Å². The van der Waals surface area contributed by atoms with E-state index in [1.807, 2.05) is 12.1 Å². The highest BCUT2D eigenvalue weighted by Crippen LogP contribution is 2.27. The standard InChI is InChI=1S/C20H20FNO4S/c21-14-5-3-6-15(11-14)22-19(23)12-26-20(24)17-8-1-2-9-18(17)27-13-16-7-4-10-25-16/h1-3,5-6,8-9,11,16H,4,7,10,12-13H2,(H,22,23)/t16-/m1/s1. The highest BCUT2D eigenvalue weighted by Gasteiger charge is 2.19. The van der Waals surface area contributed by atoms with Gasteiger partial charge in [-0.2, -0.15) is 0 Å². The molecule has 0 radical (unpaired) electrons. The Morgan fingerprint density at radius 2 is 2.07 bits per heavy atom. The molecule has 1 heterocycles. The molecule has 1 N–H and O–H groups in total. The van der Waals surface area contributed by atoms with Crippen LogP contribution in [0.2, 0.25) is 0 Å². The van der Waals surface area contributed by atoms with Crippen LogP contribution < -0.4 is 5.32 Å². The zero-order valence-corrected chi connectivity index (χ0v) is 15.5. The van der Waals surface area contributed by atoms with E-state index in [1.54, 1.807) is 30.0 Å². The number of benzene rings is 2. The molecule has 27 heavy (non-hydrogen) atoms. The summed E-state index contributed by atoms with van der Waals surface area (Å²) >= 11 is 1.54. The van der Waals surface area contributed by atoms with Gasteiger partial charge in [0.2, 0.25) is 0 Å². The molecule has 1 saturated heterocycles. The number of thioether (sulfide) groups is 1. The van der Waals surface area contributed by atoms with Gasteiger partial charge in [0.05, 0.1) is 11.7 Å². The number of hydrogen-bond donors (Lipinski definition) is 1. The van der Waals surface area contributed by atoms with Crippen LogP contribution in [0.25, 0.3) is 0 Å². The Morgan fingerprint density at radius 3 is 2.85 bits per heavy atom. The minimum absolute atomic E-state index is 0.205. The van der Waals surface area contributed by atoms with E-state index in [-0.39, 0.29) is 6.10 Å². The lowest BCUT2D eigenvalue weighted by Gasteiger charge is -2.12. The molecule has 0 aliphatic carbocycles. The Labute approximate surface area is 161 Å². The van der Waals surface area contributed by atoms with Crippen LogP contribution in [0.4, 0.5) is 10.1 Å². The second kappa shape index (κ2) is 9.53. The summed E-state index contributed by atoms with van der Waals surface area (Å²) in [5.74, 6) is -0.787. The highest BCUT2D eigenvalue weighted by molar-refractivity contribution is 7.99. The Morgan fingerprint density at radius 1 is 1.22 bits per heavy atom. The average Bonchev–Trinajstić information content (AvgIpc) is 3.18. The number of hydrogen-bond acceptors (Lipinski definition) is 5. The number of rotatable bonds is 7. The normalized spacial score (nSPS) is 16.1. The van der Waals surface area contributed by atoms with Gasteiger partial charge in [-0.05, 0) is 43.2 Å². The first-order chi connectivity index (χ1) is 13.1. The van der Waals surface area contributed by atoms with E-state index in [4.69, 9.17) is 9.47 Å². The summed E-state index contributed by atoms with van der Waals surface area (Å²) < 4.78 is 23.9. The lowest BCUT2D eigenvalue weighted by Crippen LogP contribution is -2.21. The average molecular weight is 389 g/mol. The number of amides is 1. The highest BCUT2D eigenvalue weighted by atomic mass is 32.2. The SMILES string of the molecule is O=C(COC(=O)c1ccccc1SC[C@H]1CCCO1)Nc1cccc(F)c1. The molecule has 0 saturated carbocycles. The first-order valence-corrected chi connectivity index (χ1v) is 9.66. The van der Waals surface area contributed by atoms with Crippen LogP contribution in [0, 0.1) is 5.82 Å². The lowest BCUT2D eigenvalue weighted by atomic mass is 10.2. The molecular formula is C20H20FNO4S. The van der Waals surface area contributed by atoms with Crippen LogP contribution in [-0.2, 0) is 14.3 Å². The summed E-state index contributed by atoms with van der Waals surface area (Å²) in [6, 6.07) is 12.6. The van der Waals surface area contributed by atoms with Crippen molar-refractivity contribution >= 4 is 29.3 Å². The van der Waals surface area contributed by atoms with Gasteiger partial charge in [-0.3, -0.25) is 4.79 Å². The largest absolute Gasteiger partial charge is 0.452 e. The zero-order valence-electron chi connectivity index (χ0n) is 14.7. The maximum Gasteiger partial charge on any atom is 0.339 e. The monoisotopic (exact) mass is 389 g/mol. The topological polar surface area (TPSA) is 64.6 Å². The summed E-state index contributed by atoms with van der Waals surface area (Å²) in [7, 11) is 0. The molecular weight excluding hydrogens is 369 g/mol. The van der Waals surface area contributed by atoms with Crippen molar-refractivity contribution in [3.63, 3.8) is 0 Å². The first kappa shape index (κ1) is 19.4. The summed E-state index contributed by atoms with van der Waals surface area (Å²) in [6.45, 7) is 0.343. The zero-order chi connectivity index (χ0) is 19.1. The predicted octanol–water partition coefficient (Wildman–Crippen LogP) is 3.89. The second-order valence-electron chi connectivity index (χ2n) is 6.08. The molecule has 0 bridgehead atoms. The van der Waals surface area contributed by atoms with Gasteiger partial charge in [-0.25, -0.2) is 9.18 Å². The van der Waals surface area contributed by atoms with Gasteiger partial charge in [0.1, 0.15) is 5.82 Å².